The normalized spacial score (nSPS) is 12.8. The molecule has 0 fully saturated rings. The second-order valence-corrected chi connectivity index (χ2v) is 9.36. The maximum absolute atomic E-state index is 14.3. The average Bonchev–Trinajstić information content (AvgIpc) is 2.81. The van der Waals surface area contributed by atoms with E-state index in [1.807, 2.05) is 0 Å². The van der Waals surface area contributed by atoms with Crippen molar-refractivity contribution in [3.8, 4) is 6.07 Å². The number of hydrogen-bond donors (Lipinski definition) is 1. The predicted octanol–water partition coefficient (Wildman–Crippen LogP) is 5.41. The van der Waals surface area contributed by atoms with Gasteiger partial charge in [0.05, 0.1) is 28.8 Å². The van der Waals surface area contributed by atoms with E-state index >= 15 is 0 Å². The van der Waals surface area contributed by atoms with Crippen LogP contribution in [0.25, 0.3) is 0 Å². The topological polar surface area (TPSA) is 81.4 Å². The molecule has 0 aliphatic carbocycles. The number of hydrogen-bond acceptors (Lipinski definition) is 4. The molecule has 5 nitrogen and oxygen atoms in total. The van der Waals surface area contributed by atoms with E-state index in [1.54, 1.807) is 6.07 Å². The summed E-state index contributed by atoms with van der Waals surface area (Å²) in [4.78, 5) is -0.427. The summed E-state index contributed by atoms with van der Waals surface area (Å²) in [5.41, 5.74) is -7.42. The first-order chi connectivity index (χ1) is 16.6. The molecule has 0 amide bonds. The van der Waals surface area contributed by atoms with Crippen LogP contribution in [-0.2, 0) is 22.2 Å². The Morgan fingerprint density at radius 3 is 1.97 bits per heavy atom. The van der Waals surface area contributed by atoms with Crippen LogP contribution in [0.2, 0.25) is 0 Å². The van der Waals surface area contributed by atoms with Crippen LogP contribution in [0.15, 0.2) is 77.7 Å². The monoisotopic (exact) mass is 532 g/mol. The summed E-state index contributed by atoms with van der Waals surface area (Å²) in [7, 11) is -4.60. The fourth-order valence-electron chi connectivity index (χ4n) is 3.31. The van der Waals surface area contributed by atoms with Crippen molar-refractivity contribution in [1.29, 1.82) is 5.26 Å². The van der Waals surface area contributed by atoms with E-state index < -0.39 is 56.5 Å². The Bertz CT molecular complexity index is 1380. The van der Waals surface area contributed by atoms with Gasteiger partial charge in [-0.05, 0) is 36.4 Å². The minimum absolute atomic E-state index is 0.0438. The van der Waals surface area contributed by atoms with E-state index in [4.69, 9.17) is 5.26 Å². The quantitative estimate of drug-likeness (QED) is 0.431. The average molecular weight is 532 g/mol. The van der Waals surface area contributed by atoms with Crippen molar-refractivity contribution < 1.29 is 44.3 Å². The summed E-state index contributed by atoms with van der Waals surface area (Å²) in [5, 5.41) is 18.7. The molecule has 3 aromatic carbocycles. The van der Waals surface area contributed by atoms with Crippen molar-refractivity contribution in [2.45, 2.75) is 29.4 Å². The van der Waals surface area contributed by atoms with Gasteiger partial charge in [0, 0.05) is 11.1 Å². The third-order valence-corrected chi connectivity index (χ3v) is 6.99. The molecule has 1 N–H and O–H groups in total. The highest BCUT2D eigenvalue weighted by molar-refractivity contribution is 7.92. The van der Waals surface area contributed by atoms with Gasteiger partial charge >= 0.3 is 12.4 Å². The summed E-state index contributed by atoms with van der Waals surface area (Å²) in [6.45, 7) is -0.687. The van der Waals surface area contributed by atoms with E-state index in [9.17, 15) is 44.3 Å². The zero-order valence-corrected chi connectivity index (χ0v) is 18.7. The Labute approximate surface area is 200 Å². The number of halogens is 7. The van der Waals surface area contributed by atoms with Gasteiger partial charge in [-0.3, -0.25) is 4.31 Å². The van der Waals surface area contributed by atoms with Crippen molar-refractivity contribution in [2.75, 3.05) is 4.31 Å². The second-order valence-electron chi connectivity index (χ2n) is 7.50. The molecule has 3 rings (SSSR count). The number of rotatable bonds is 6. The molecule has 13 heteroatoms. The van der Waals surface area contributed by atoms with Gasteiger partial charge in [-0.1, -0.05) is 36.4 Å². The third kappa shape index (κ3) is 4.87. The molecular weight excluding hydrogens is 517 g/mol. The molecule has 0 spiro atoms. The van der Waals surface area contributed by atoms with Gasteiger partial charge in [-0.2, -0.15) is 31.6 Å². The molecule has 0 saturated carbocycles. The lowest BCUT2D eigenvalue weighted by Crippen LogP contribution is -2.53. The molecule has 36 heavy (non-hydrogen) atoms. The molecule has 0 saturated heterocycles. The predicted molar refractivity (Wildman–Crippen MR) is 113 cm³/mol. The Balaban J connectivity index is 2.17. The van der Waals surface area contributed by atoms with E-state index in [-0.39, 0.29) is 23.3 Å². The van der Waals surface area contributed by atoms with Crippen molar-refractivity contribution >= 4 is 15.7 Å². The van der Waals surface area contributed by atoms with Crippen molar-refractivity contribution in [3.63, 3.8) is 0 Å². The van der Waals surface area contributed by atoms with Crippen LogP contribution in [0, 0.1) is 17.1 Å². The number of nitriles is 1. The smallest absolute Gasteiger partial charge is 0.369 e. The molecule has 0 atom stereocenters. The summed E-state index contributed by atoms with van der Waals surface area (Å²) in [6, 6.07) is 13.3. The zero-order valence-electron chi connectivity index (χ0n) is 17.8. The highest BCUT2D eigenvalue weighted by Gasteiger charge is 2.71. The van der Waals surface area contributed by atoms with Gasteiger partial charge in [0.2, 0.25) is 0 Å². The highest BCUT2D eigenvalue weighted by Crippen LogP contribution is 2.50. The van der Waals surface area contributed by atoms with E-state index in [2.05, 4.69) is 0 Å². The van der Waals surface area contributed by atoms with E-state index in [0.717, 1.165) is 18.2 Å². The first kappa shape index (κ1) is 27.0. The van der Waals surface area contributed by atoms with E-state index in [0.29, 0.717) is 16.4 Å². The number of anilines is 1. The van der Waals surface area contributed by atoms with Crippen LogP contribution in [0.1, 0.15) is 16.7 Å². The number of alkyl halides is 6. The van der Waals surface area contributed by atoms with Crippen molar-refractivity contribution in [3.05, 3.63) is 95.3 Å². The Kier molecular flexibility index (Phi) is 7.07. The third-order valence-electron chi connectivity index (χ3n) is 5.22. The van der Waals surface area contributed by atoms with Crippen LogP contribution in [0.5, 0.6) is 0 Å². The van der Waals surface area contributed by atoms with Gasteiger partial charge in [0.1, 0.15) is 5.82 Å². The lowest BCUT2D eigenvalue weighted by atomic mass is 9.92. The molecule has 0 aromatic heterocycles. The fraction of sp³-hybridized carbons (Fsp3) is 0.174. The van der Waals surface area contributed by atoms with Gasteiger partial charge in [0.25, 0.3) is 15.6 Å². The Morgan fingerprint density at radius 1 is 0.861 bits per heavy atom. The zero-order chi connectivity index (χ0) is 26.9. The Morgan fingerprint density at radius 2 is 1.44 bits per heavy atom. The minimum atomic E-state index is -6.14. The summed E-state index contributed by atoms with van der Waals surface area (Å²) < 4.78 is 121. The maximum atomic E-state index is 14.3. The van der Waals surface area contributed by atoms with Crippen LogP contribution in [-0.4, -0.2) is 25.9 Å². The summed E-state index contributed by atoms with van der Waals surface area (Å²) >= 11 is 0. The lowest BCUT2D eigenvalue weighted by molar-refractivity contribution is -0.376. The number of aliphatic hydroxyl groups is 1. The van der Waals surface area contributed by atoms with E-state index in [1.165, 1.54) is 30.3 Å². The molecule has 190 valence electrons. The minimum Gasteiger partial charge on any atom is -0.369 e. The first-order valence-electron chi connectivity index (χ1n) is 9.85. The van der Waals surface area contributed by atoms with Gasteiger partial charge in [0.15, 0.2) is 0 Å². The molecule has 0 radical (unpaired) electrons. The Hall–Kier alpha value is -3.63. The highest BCUT2D eigenvalue weighted by atomic mass is 32.2. The second kappa shape index (κ2) is 9.44. The van der Waals surface area contributed by atoms with Crippen molar-refractivity contribution in [2.24, 2.45) is 0 Å². The van der Waals surface area contributed by atoms with Gasteiger partial charge < -0.3 is 5.11 Å². The fourth-order valence-corrected chi connectivity index (χ4v) is 4.80. The SMILES string of the molecule is N#Cc1cccc(S(=O)(=O)N(Cc2ccccc2F)c2ccc(C(O)(C(F)(F)F)C(F)(F)F)cc2)c1. The van der Waals surface area contributed by atoms with Crippen LogP contribution in [0.4, 0.5) is 36.4 Å². The van der Waals surface area contributed by atoms with Gasteiger partial charge in [-0.25, -0.2) is 12.8 Å². The number of nitrogens with zero attached hydrogens (tertiary/aromatic N) is 2. The number of benzene rings is 3. The molecule has 0 aliphatic rings. The molecule has 3 aromatic rings. The van der Waals surface area contributed by atoms with Crippen LogP contribution in [0.3, 0.4) is 0 Å². The molecule has 0 bridgehead atoms. The summed E-state index contributed by atoms with van der Waals surface area (Å²) in [6.07, 6.45) is -12.3. The first-order valence-corrected chi connectivity index (χ1v) is 11.3. The van der Waals surface area contributed by atoms with Crippen LogP contribution >= 0.6 is 0 Å². The lowest BCUT2D eigenvalue weighted by Gasteiger charge is -2.33. The van der Waals surface area contributed by atoms with Gasteiger partial charge in [-0.15, -0.1) is 0 Å². The molecule has 0 heterocycles. The van der Waals surface area contributed by atoms with Crippen molar-refractivity contribution in [1.82, 2.24) is 0 Å². The summed E-state index contributed by atoms with van der Waals surface area (Å²) in [5.74, 6) is -0.816. The number of sulfonamides is 1. The largest absolute Gasteiger partial charge is 0.430 e. The maximum Gasteiger partial charge on any atom is 0.430 e. The standard InChI is InChI=1S/C23H15F7N2O3S/c24-20-7-2-1-5-16(20)14-32(36(34,35)19-6-3-4-15(12-19)13-31)18-10-8-17(9-11-18)21(33,22(25,26)27)23(28,29)30/h1-12,33H,14H2. The molecular formula is C23H15F7N2O3S. The molecule has 0 aliphatic heterocycles. The van der Waals surface area contributed by atoms with Crippen LogP contribution < -0.4 is 4.31 Å². The molecule has 0 unspecified atom stereocenters.